The average molecular weight is 433 g/mol. The van der Waals surface area contributed by atoms with E-state index in [-0.39, 0.29) is 17.0 Å². The van der Waals surface area contributed by atoms with Gasteiger partial charge in [0.2, 0.25) is 0 Å². The smallest absolute Gasteiger partial charge is 0.257 e. The van der Waals surface area contributed by atoms with Gasteiger partial charge in [0.15, 0.2) is 0 Å². The molecule has 1 atom stereocenters. The molecule has 3 aromatic rings. The van der Waals surface area contributed by atoms with Gasteiger partial charge in [0.05, 0.1) is 12.7 Å². The highest BCUT2D eigenvalue weighted by atomic mass is 16.3. The molecule has 1 saturated carbocycles. The molecule has 0 spiro atoms. The lowest BCUT2D eigenvalue weighted by Gasteiger charge is -2.39. The van der Waals surface area contributed by atoms with Crippen molar-refractivity contribution in [2.24, 2.45) is 5.92 Å². The predicted octanol–water partition coefficient (Wildman–Crippen LogP) is 4.06. The standard InChI is InChI=1S/C26H32N4O2/c31-20-10-5-7-18(15-20)17-29-24-23(16-28-29)21-11-3-4-12-22(21)25(32)30(24)26(13-6-14-27-26)19-8-1-2-9-19/h5,7,10,15-16,19,27,31H,1-4,6,8-9,11-14,17H2/t26-/m1/s1. The Bertz CT molecular complexity index is 1210. The molecule has 2 fully saturated rings. The summed E-state index contributed by atoms with van der Waals surface area (Å²) in [4.78, 5) is 14.2. The van der Waals surface area contributed by atoms with Crippen LogP contribution in [0.5, 0.6) is 5.75 Å². The number of aromatic hydroxyl groups is 1. The molecule has 1 saturated heterocycles. The first-order chi connectivity index (χ1) is 15.7. The predicted molar refractivity (Wildman–Crippen MR) is 125 cm³/mol. The van der Waals surface area contributed by atoms with Crippen LogP contribution in [0.25, 0.3) is 11.0 Å². The fraction of sp³-hybridized carbons (Fsp3) is 0.538. The van der Waals surface area contributed by atoms with Gasteiger partial charge >= 0.3 is 0 Å². The molecular weight excluding hydrogens is 400 g/mol. The quantitative estimate of drug-likeness (QED) is 0.652. The SMILES string of the molecule is O=c1c2c(c3cnn(Cc4cccc(O)c4)c3n1[C@@]1(C3CCCC3)CCCN1)CCCC2. The van der Waals surface area contributed by atoms with Crippen molar-refractivity contribution in [2.45, 2.75) is 76.4 Å². The van der Waals surface area contributed by atoms with Crippen LogP contribution >= 0.6 is 0 Å². The van der Waals surface area contributed by atoms with Crippen molar-refractivity contribution in [3.8, 4) is 5.75 Å². The highest BCUT2D eigenvalue weighted by Crippen LogP contribution is 2.43. The van der Waals surface area contributed by atoms with E-state index in [1.165, 1.54) is 31.2 Å². The highest BCUT2D eigenvalue weighted by Gasteiger charge is 2.46. The third-order valence-corrected chi connectivity index (χ3v) is 8.12. The first-order valence-electron chi connectivity index (χ1n) is 12.3. The summed E-state index contributed by atoms with van der Waals surface area (Å²) < 4.78 is 4.14. The molecule has 6 heteroatoms. The Morgan fingerprint density at radius 3 is 2.66 bits per heavy atom. The lowest BCUT2D eigenvalue weighted by atomic mass is 9.86. The fourth-order valence-corrected chi connectivity index (χ4v) is 6.69. The summed E-state index contributed by atoms with van der Waals surface area (Å²) in [6, 6.07) is 7.35. The number of nitrogens with zero attached hydrogens (tertiary/aromatic N) is 3. The van der Waals surface area contributed by atoms with Crippen LogP contribution in [0.1, 0.15) is 68.1 Å². The van der Waals surface area contributed by atoms with Crippen LogP contribution in [0.2, 0.25) is 0 Å². The van der Waals surface area contributed by atoms with Gasteiger partial charge in [0.25, 0.3) is 5.56 Å². The highest BCUT2D eigenvalue weighted by molar-refractivity contribution is 5.81. The summed E-state index contributed by atoms with van der Waals surface area (Å²) in [5.74, 6) is 0.741. The molecule has 3 heterocycles. The lowest BCUT2D eigenvalue weighted by Crippen LogP contribution is -2.54. The zero-order valence-electron chi connectivity index (χ0n) is 18.6. The zero-order valence-corrected chi connectivity index (χ0v) is 18.6. The number of phenolic OH excluding ortho intramolecular Hbond substituents is 1. The van der Waals surface area contributed by atoms with E-state index in [0.717, 1.165) is 67.2 Å². The second-order valence-electron chi connectivity index (χ2n) is 9.95. The second kappa shape index (κ2) is 7.77. The molecule has 0 radical (unpaired) electrons. The number of fused-ring (bicyclic) bond motifs is 3. The van der Waals surface area contributed by atoms with Gasteiger partial charge in [-0.15, -0.1) is 0 Å². The maximum Gasteiger partial charge on any atom is 0.257 e. The molecule has 1 aromatic carbocycles. The van der Waals surface area contributed by atoms with Crippen molar-refractivity contribution >= 4 is 11.0 Å². The van der Waals surface area contributed by atoms with E-state index in [2.05, 4.69) is 9.88 Å². The Balaban J connectivity index is 1.61. The Hall–Kier alpha value is -2.60. The van der Waals surface area contributed by atoms with Crippen LogP contribution in [0.15, 0.2) is 35.3 Å². The van der Waals surface area contributed by atoms with Crippen LogP contribution in [-0.2, 0) is 25.0 Å². The Morgan fingerprint density at radius 1 is 1.09 bits per heavy atom. The molecule has 32 heavy (non-hydrogen) atoms. The Morgan fingerprint density at radius 2 is 1.91 bits per heavy atom. The molecule has 0 amide bonds. The summed E-state index contributed by atoms with van der Waals surface area (Å²) in [7, 11) is 0. The molecule has 2 aromatic heterocycles. The number of nitrogens with one attached hydrogen (secondary N) is 1. The third-order valence-electron chi connectivity index (χ3n) is 8.12. The maximum absolute atomic E-state index is 14.2. The average Bonchev–Trinajstić information content (AvgIpc) is 3.56. The maximum atomic E-state index is 14.2. The number of hydrogen-bond acceptors (Lipinski definition) is 4. The van der Waals surface area contributed by atoms with Gasteiger partial charge in [-0.2, -0.15) is 5.10 Å². The molecule has 168 valence electrons. The summed E-state index contributed by atoms with van der Waals surface area (Å²) in [6.45, 7) is 1.50. The van der Waals surface area contributed by atoms with Gasteiger partial charge in [-0.25, -0.2) is 4.68 Å². The van der Waals surface area contributed by atoms with E-state index in [0.29, 0.717) is 12.5 Å². The van der Waals surface area contributed by atoms with E-state index < -0.39 is 0 Å². The minimum atomic E-state index is -0.311. The van der Waals surface area contributed by atoms with Gasteiger partial charge in [-0.05, 0) is 87.1 Å². The summed E-state index contributed by atoms with van der Waals surface area (Å²) in [5.41, 5.74) is 4.07. The Kier molecular flexibility index (Phi) is 4.86. The van der Waals surface area contributed by atoms with Crippen molar-refractivity contribution in [3.05, 3.63) is 57.5 Å². The fourth-order valence-electron chi connectivity index (χ4n) is 6.69. The zero-order chi connectivity index (χ0) is 21.7. The third kappa shape index (κ3) is 3.03. The molecule has 2 N–H and O–H groups in total. The monoisotopic (exact) mass is 432 g/mol. The molecule has 6 rings (SSSR count). The molecule has 1 aliphatic heterocycles. The number of aromatic nitrogens is 3. The largest absolute Gasteiger partial charge is 0.508 e. The molecule has 3 aliphatic rings. The lowest BCUT2D eigenvalue weighted by molar-refractivity contribution is 0.143. The molecule has 6 nitrogen and oxygen atoms in total. The summed E-state index contributed by atoms with van der Waals surface area (Å²) >= 11 is 0. The minimum Gasteiger partial charge on any atom is -0.508 e. The van der Waals surface area contributed by atoms with Crippen molar-refractivity contribution in [1.82, 2.24) is 19.7 Å². The Labute approximate surface area is 188 Å². The molecular formula is C26H32N4O2. The van der Waals surface area contributed by atoms with E-state index >= 15 is 0 Å². The van der Waals surface area contributed by atoms with Crippen molar-refractivity contribution in [2.75, 3.05) is 6.54 Å². The van der Waals surface area contributed by atoms with Crippen LogP contribution in [0.4, 0.5) is 0 Å². The van der Waals surface area contributed by atoms with Gasteiger partial charge in [-0.1, -0.05) is 25.0 Å². The summed E-state index contributed by atoms with van der Waals surface area (Å²) in [6.07, 6.45) is 13.0. The number of hydrogen-bond donors (Lipinski definition) is 2. The van der Waals surface area contributed by atoms with Gasteiger partial charge in [0, 0.05) is 10.9 Å². The van der Waals surface area contributed by atoms with Crippen LogP contribution in [-0.4, -0.2) is 26.0 Å². The van der Waals surface area contributed by atoms with E-state index in [1.54, 1.807) is 12.1 Å². The van der Waals surface area contributed by atoms with E-state index in [9.17, 15) is 9.90 Å². The second-order valence-corrected chi connectivity index (χ2v) is 9.95. The van der Waals surface area contributed by atoms with Crippen LogP contribution < -0.4 is 10.9 Å². The number of phenols is 1. The van der Waals surface area contributed by atoms with Gasteiger partial charge in [0.1, 0.15) is 17.1 Å². The molecule has 0 bridgehead atoms. The van der Waals surface area contributed by atoms with Gasteiger partial charge in [-0.3, -0.25) is 14.7 Å². The first kappa shape index (κ1) is 20.0. The number of pyridine rings is 1. The minimum absolute atomic E-state index is 0.200. The normalized spacial score (nSPS) is 23.8. The number of rotatable bonds is 4. The van der Waals surface area contributed by atoms with E-state index in [1.807, 2.05) is 23.0 Å². The van der Waals surface area contributed by atoms with Gasteiger partial charge < -0.3 is 5.11 Å². The number of aryl methyl sites for hydroxylation is 1. The molecule has 2 aliphatic carbocycles. The van der Waals surface area contributed by atoms with Crippen molar-refractivity contribution in [1.29, 1.82) is 0 Å². The summed E-state index contributed by atoms with van der Waals surface area (Å²) in [5, 5.41) is 19.8. The van der Waals surface area contributed by atoms with Crippen molar-refractivity contribution < 1.29 is 5.11 Å². The topological polar surface area (TPSA) is 72.1 Å². The number of benzene rings is 1. The molecule has 0 unspecified atom stereocenters. The van der Waals surface area contributed by atoms with Crippen LogP contribution in [0.3, 0.4) is 0 Å². The van der Waals surface area contributed by atoms with Crippen LogP contribution in [0, 0.1) is 5.92 Å². The van der Waals surface area contributed by atoms with E-state index in [4.69, 9.17) is 5.10 Å². The first-order valence-corrected chi connectivity index (χ1v) is 12.3. The van der Waals surface area contributed by atoms with Crippen molar-refractivity contribution in [3.63, 3.8) is 0 Å².